The van der Waals surface area contributed by atoms with Crippen molar-refractivity contribution in [2.45, 2.75) is 45.2 Å². The molecule has 0 bridgehead atoms. The average Bonchev–Trinajstić information content (AvgIpc) is 2.19. The fraction of sp³-hybridized carbons (Fsp3) is 0.700. The van der Waals surface area contributed by atoms with Gasteiger partial charge in [-0.3, -0.25) is 14.9 Å². The van der Waals surface area contributed by atoms with Crippen LogP contribution < -0.4 is 16.0 Å². The van der Waals surface area contributed by atoms with Crippen LogP contribution in [0.2, 0.25) is 0 Å². The van der Waals surface area contributed by atoms with Crippen molar-refractivity contribution >= 4 is 17.8 Å². The van der Waals surface area contributed by atoms with Crippen molar-refractivity contribution < 1.29 is 14.4 Å². The van der Waals surface area contributed by atoms with Gasteiger partial charge in [0.2, 0.25) is 5.91 Å². The molecule has 1 unspecified atom stereocenters. The van der Waals surface area contributed by atoms with Crippen LogP contribution >= 0.6 is 0 Å². The number of nitrogens with one attached hydrogen (secondary N) is 3. The highest BCUT2D eigenvalue weighted by Crippen LogP contribution is 2.23. The molecular weight excluding hydrogens is 210 g/mol. The third-order valence-electron chi connectivity index (χ3n) is 2.43. The highest BCUT2D eigenvalue weighted by molar-refractivity contribution is 6.06. The minimum Gasteiger partial charge on any atom is -0.351 e. The summed E-state index contributed by atoms with van der Waals surface area (Å²) in [7, 11) is 0. The number of urea groups is 1. The van der Waals surface area contributed by atoms with Gasteiger partial charge in [-0.25, -0.2) is 4.79 Å². The predicted molar refractivity (Wildman–Crippen MR) is 57.6 cm³/mol. The van der Waals surface area contributed by atoms with Crippen LogP contribution in [0.25, 0.3) is 0 Å². The Bertz CT molecular complexity index is 351. The summed E-state index contributed by atoms with van der Waals surface area (Å²) in [6, 6.07) is -0.494. The van der Waals surface area contributed by atoms with Crippen molar-refractivity contribution in [1.29, 1.82) is 0 Å². The lowest BCUT2D eigenvalue weighted by molar-refractivity contribution is -0.125. The Hall–Kier alpha value is -1.59. The van der Waals surface area contributed by atoms with Crippen molar-refractivity contribution in [3.8, 4) is 0 Å². The molecule has 0 saturated carbocycles. The van der Waals surface area contributed by atoms with Gasteiger partial charge in [0, 0.05) is 18.9 Å². The van der Waals surface area contributed by atoms with Gasteiger partial charge in [0.1, 0.15) is 5.54 Å². The number of hydrogen-bond donors (Lipinski definition) is 3. The molecule has 1 aliphatic rings. The van der Waals surface area contributed by atoms with Crippen LogP contribution in [-0.2, 0) is 9.59 Å². The Kier molecular flexibility index (Phi) is 2.94. The molecule has 16 heavy (non-hydrogen) atoms. The van der Waals surface area contributed by atoms with Crippen LogP contribution in [0.5, 0.6) is 0 Å². The Balaban J connectivity index is 2.76. The van der Waals surface area contributed by atoms with Crippen molar-refractivity contribution in [3.63, 3.8) is 0 Å². The van der Waals surface area contributed by atoms with Gasteiger partial charge in [-0.05, 0) is 20.8 Å². The maximum atomic E-state index is 11.6. The van der Waals surface area contributed by atoms with E-state index in [1.807, 2.05) is 0 Å². The minimum atomic E-state index is -0.969. The number of amides is 4. The van der Waals surface area contributed by atoms with Crippen LogP contribution in [0.15, 0.2) is 0 Å². The summed E-state index contributed by atoms with van der Waals surface area (Å²) in [6.07, 6.45) is 0.331. The van der Waals surface area contributed by atoms with Gasteiger partial charge in [0.15, 0.2) is 0 Å². The first-order valence-corrected chi connectivity index (χ1v) is 5.07. The molecule has 0 aliphatic carbocycles. The van der Waals surface area contributed by atoms with E-state index in [0.717, 1.165) is 0 Å². The molecule has 0 aromatic rings. The molecule has 6 heteroatoms. The average molecular weight is 227 g/mol. The van der Waals surface area contributed by atoms with Gasteiger partial charge >= 0.3 is 6.03 Å². The van der Waals surface area contributed by atoms with Gasteiger partial charge < -0.3 is 10.6 Å². The molecule has 0 radical (unpaired) electrons. The number of rotatable bonds is 3. The highest BCUT2D eigenvalue weighted by Gasteiger charge is 2.45. The molecule has 6 nitrogen and oxygen atoms in total. The lowest BCUT2D eigenvalue weighted by Gasteiger charge is -2.33. The van der Waals surface area contributed by atoms with E-state index in [2.05, 4.69) is 16.0 Å². The van der Waals surface area contributed by atoms with E-state index in [1.165, 1.54) is 6.92 Å². The topological polar surface area (TPSA) is 87.3 Å². The smallest absolute Gasteiger partial charge is 0.322 e. The van der Waals surface area contributed by atoms with E-state index in [1.54, 1.807) is 20.8 Å². The van der Waals surface area contributed by atoms with Crippen molar-refractivity contribution in [2.24, 2.45) is 0 Å². The minimum absolute atomic E-state index is 0.168. The SMILES string of the molecule is CC(=O)NC(C)(C)CC1(C)NC(=O)NC1=O. The summed E-state index contributed by atoms with van der Waals surface area (Å²) < 4.78 is 0. The second-order valence-corrected chi connectivity index (χ2v) is 4.98. The van der Waals surface area contributed by atoms with Crippen LogP contribution in [0.1, 0.15) is 34.1 Å². The summed E-state index contributed by atoms with van der Waals surface area (Å²) in [5.41, 5.74) is -1.53. The van der Waals surface area contributed by atoms with E-state index in [-0.39, 0.29) is 11.8 Å². The number of hydrogen-bond acceptors (Lipinski definition) is 3. The molecule has 0 aromatic carbocycles. The van der Waals surface area contributed by atoms with E-state index < -0.39 is 17.1 Å². The Morgan fingerprint density at radius 3 is 2.38 bits per heavy atom. The normalized spacial score (nSPS) is 25.0. The third kappa shape index (κ3) is 2.71. The summed E-state index contributed by atoms with van der Waals surface area (Å²) in [5, 5.41) is 7.48. The first kappa shape index (κ1) is 12.5. The number of imide groups is 1. The zero-order chi connectivity index (χ0) is 12.6. The van der Waals surface area contributed by atoms with E-state index in [9.17, 15) is 14.4 Å². The van der Waals surface area contributed by atoms with Crippen LogP contribution in [-0.4, -0.2) is 28.9 Å². The molecule has 90 valence electrons. The zero-order valence-electron chi connectivity index (χ0n) is 9.93. The first-order chi connectivity index (χ1) is 7.15. The maximum absolute atomic E-state index is 11.6. The number of carbonyl (C=O) groups is 3. The molecular formula is C10H17N3O3. The molecule has 1 rings (SSSR count). The molecule has 0 spiro atoms. The fourth-order valence-corrected chi connectivity index (χ4v) is 2.11. The predicted octanol–water partition coefficient (Wildman–Crippen LogP) is -0.111. The molecule has 1 heterocycles. The summed E-state index contributed by atoms with van der Waals surface area (Å²) in [4.78, 5) is 33.6. The Morgan fingerprint density at radius 1 is 1.44 bits per heavy atom. The maximum Gasteiger partial charge on any atom is 0.322 e. The Morgan fingerprint density at radius 2 is 2.00 bits per heavy atom. The van der Waals surface area contributed by atoms with Gasteiger partial charge in [-0.2, -0.15) is 0 Å². The van der Waals surface area contributed by atoms with Gasteiger partial charge in [-0.1, -0.05) is 0 Å². The van der Waals surface area contributed by atoms with Gasteiger partial charge in [0.05, 0.1) is 0 Å². The summed E-state index contributed by atoms with van der Waals surface area (Å²) in [5.74, 6) is -0.533. The van der Waals surface area contributed by atoms with Crippen molar-refractivity contribution in [3.05, 3.63) is 0 Å². The first-order valence-electron chi connectivity index (χ1n) is 5.07. The van der Waals surface area contributed by atoms with Crippen LogP contribution in [0, 0.1) is 0 Å². The standard InChI is InChI=1S/C10H17N3O3/c1-6(14)12-9(2,3)5-10(4)7(15)11-8(16)13-10/h5H2,1-4H3,(H,12,14)(H2,11,13,15,16). The summed E-state index contributed by atoms with van der Waals surface area (Å²) >= 11 is 0. The molecule has 1 saturated heterocycles. The van der Waals surface area contributed by atoms with Crippen molar-refractivity contribution in [2.75, 3.05) is 0 Å². The molecule has 0 aromatic heterocycles. The Labute approximate surface area is 94.2 Å². The van der Waals surface area contributed by atoms with Gasteiger partial charge in [-0.15, -0.1) is 0 Å². The van der Waals surface area contributed by atoms with Crippen molar-refractivity contribution in [1.82, 2.24) is 16.0 Å². The second kappa shape index (κ2) is 3.77. The quantitative estimate of drug-likeness (QED) is 0.588. The van der Waals surface area contributed by atoms with Crippen LogP contribution in [0.3, 0.4) is 0 Å². The largest absolute Gasteiger partial charge is 0.351 e. The third-order valence-corrected chi connectivity index (χ3v) is 2.43. The van der Waals surface area contributed by atoms with Crippen LogP contribution in [0.4, 0.5) is 4.79 Å². The van der Waals surface area contributed by atoms with E-state index in [0.29, 0.717) is 6.42 Å². The molecule has 1 atom stereocenters. The molecule has 4 amide bonds. The highest BCUT2D eigenvalue weighted by atomic mass is 16.2. The van der Waals surface area contributed by atoms with E-state index in [4.69, 9.17) is 0 Å². The monoisotopic (exact) mass is 227 g/mol. The van der Waals surface area contributed by atoms with Gasteiger partial charge in [0.25, 0.3) is 5.91 Å². The lowest BCUT2D eigenvalue weighted by Crippen LogP contribution is -2.54. The second-order valence-electron chi connectivity index (χ2n) is 4.98. The number of carbonyl (C=O) groups excluding carboxylic acids is 3. The van der Waals surface area contributed by atoms with E-state index >= 15 is 0 Å². The molecule has 1 aliphatic heterocycles. The lowest BCUT2D eigenvalue weighted by atomic mass is 9.85. The molecule has 1 fully saturated rings. The summed E-state index contributed by atoms with van der Waals surface area (Å²) in [6.45, 7) is 6.66. The zero-order valence-corrected chi connectivity index (χ0v) is 9.93. The molecule has 3 N–H and O–H groups in total. The fourth-order valence-electron chi connectivity index (χ4n) is 2.11.